The molecular weight excluding hydrogens is 629 g/mol. The van der Waals surface area contributed by atoms with Crippen molar-refractivity contribution in [1.82, 2.24) is 0 Å². The van der Waals surface area contributed by atoms with E-state index in [2.05, 4.69) is 206 Å². The summed E-state index contributed by atoms with van der Waals surface area (Å²) in [6.07, 6.45) is 4.80. The van der Waals surface area contributed by atoms with Gasteiger partial charge in [0.25, 0.3) is 0 Å². The van der Waals surface area contributed by atoms with Gasteiger partial charge in [-0.05, 0) is 107 Å². The Labute approximate surface area is 308 Å². The zero-order chi connectivity index (χ0) is 35.1. The first-order valence-corrected chi connectivity index (χ1v) is 18.7. The van der Waals surface area contributed by atoms with E-state index in [1.807, 2.05) is 0 Å². The molecule has 2 aliphatic carbocycles. The molecule has 1 saturated carbocycles. The van der Waals surface area contributed by atoms with Crippen molar-refractivity contribution in [2.45, 2.75) is 50.4 Å². The monoisotopic (exact) mass is 672 g/mol. The van der Waals surface area contributed by atoms with E-state index in [9.17, 15) is 0 Å². The first kappa shape index (κ1) is 32.1. The highest BCUT2D eigenvalue weighted by molar-refractivity contribution is 5.95. The largest absolute Gasteiger partial charge is 0.311 e. The Morgan fingerprint density at radius 3 is 1.35 bits per heavy atom. The SMILES string of the molecule is CC1(C)c2ccccc2-c2c(N(c3ccccc3)c3ccc(C4(c5ccc(N(c6ccccc6)c6ccccc6)cc5)CCCC4)cc3)cccc21. The quantitative estimate of drug-likeness (QED) is 0.159. The second-order valence-electron chi connectivity index (χ2n) is 14.9. The van der Waals surface area contributed by atoms with Crippen LogP contribution in [0.5, 0.6) is 0 Å². The van der Waals surface area contributed by atoms with Crippen molar-refractivity contribution in [3.63, 3.8) is 0 Å². The molecule has 7 aromatic rings. The molecular formula is C50H44N2. The summed E-state index contributed by atoms with van der Waals surface area (Å²) in [6, 6.07) is 66.9. The molecule has 0 bridgehead atoms. The van der Waals surface area contributed by atoms with Crippen molar-refractivity contribution in [1.29, 1.82) is 0 Å². The van der Waals surface area contributed by atoms with E-state index in [4.69, 9.17) is 0 Å². The lowest BCUT2D eigenvalue weighted by molar-refractivity contribution is 0.535. The van der Waals surface area contributed by atoms with Gasteiger partial charge in [0.1, 0.15) is 0 Å². The summed E-state index contributed by atoms with van der Waals surface area (Å²) in [6.45, 7) is 4.72. The molecule has 0 heterocycles. The number of hydrogen-bond acceptors (Lipinski definition) is 2. The Balaban J connectivity index is 1.11. The van der Waals surface area contributed by atoms with Crippen LogP contribution in [0.4, 0.5) is 34.1 Å². The smallest absolute Gasteiger partial charge is 0.0543 e. The van der Waals surface area contributed by atoms with Crippen LogP contribution < -0.4 is 9.80 Å². The molecule has 0 aromatic heterocycles. The van der Waals surface area contributed by atoms with E-state index < -0.39 is 0 Å². The van der Waals surface area contributed by atoms with Crippen LogP contribution in [0.25, 0.3) is 11.1 Å². The third kappa shape index (κ3) is 5.33. The van der Waals surface area contributed by atoms with Crippen LogP contribution in [-0.4, -0.2) is 0 Å². The minimum Gasteiger partial charge on any atom is -0.311 e. The average molecular weight is 673 g/mol. The van der Waals surface area contributed by atoms with Crippen molar-refractivity contribution in [3.05, 3.63) is 204 Å². The van der Waals surface area contributed by atoms with Gasteiger partial charge < -0.3 is 9.80 Å². The Hall–Kier alpha value is -5.86. The summed E-state index contributed by atoms with van der Waals surface area (Å²) in [7, 11) is 0. The maximum Gasteiger partial charge on any atom is 0.0543 e. The molecule has 2 aliphatic rings. The molecule has 7 aromatic carbocycles. The molecule has 9 rings (SSSR count). The molecule has 0 N–H and O–H groups in total. The number of rotatable bonds is 8. The summed E-state index contributed by atoms with van der Waals surface area (Å²) in [4.78, 5) is 4.80. The van der Waals surface area contributed by atoms with Crippen molar-refractivity contribution in [3.8, 4) is 11.1 Å². The highest BCUT2D eigenvalue weighted by Gasteiger charge is 2.39. The number of benzene rings is 7. The zero-order valence-corrected chi connectivity index (χ0v) is 30.0. The number of anilines is 6. The molecule has 0 unspecified atom stereocenters. The van der Waals surface area contributed by atoms with E-state index in [1.165, 1.54) is 69.0 Å². The Bertz CT molecular complexity index is 2260. The van der Waals surface area contributed by atoms with Crippen molar-refractivity contribution < 1.29 is 0 Å². The minimum atomic E-state index is -0.0578. The molecule has 0 atom stereocenters. The van der Waals surface area contributed by atoms with E-state index in [-0.39, 0.29) is 10.8 Å². The van der Waals surface area contributed by atoms with Crippen molar-refractivity contribution in [2.75, 3.05) is 9.80 Å². The van der Waals surface area contributed by atoms with Crippen LogP contribution >= 0.6 is 0 Å². The fourth-order valence-electron chi connectivity index (χ4n) is 9.11. The topological polar surface area (TPSA) is 6.48 Å². The summed E-state index contributed by atoms with van der Waals surface area (Å²) in [5.74, 6) is 0. The molecule has 0 aliphatic heterocycles. The van der Waals surface area contributed by atoms with Crippen LogP contribution in [0.3, 0.4) is 0 Å². The Morgan fingerprint density at radius 1 is 0.385 bits per heavy atom. The standard InChI is InChI=1S/C50H44N2/c1-49(2)45-24-13-12-23-44(45)48-46(49)25-16-26-47(48)52(41-21-10-5-11-22-41)43-33-29-38(30-34-43)50(35-14-15-36-50)37-27-31-42(32-28-37)51(39-17-6-3-7-18-39)40-19-8-4-9-20-40/h3-13,16-34H,14-15,35-36H2,1-2H3. The van der Waals surface area contributed by atoms with E-state index >= 15 is 0 Å². The molecule has 1 fully saturated rings. The second-order valence-corrected chi connectivity index (χ2v) is 14.9. The summed E-state index contributed by atoms with van der Waals surface area (Å²) < 4.78 is 0. The Kier molecular flexibility index (Phi) is 8.04. The van der Waals surface area contributed by atoms with Gasteiger partial charge in [0, 0.05) is 44.8 Å². The van der Waals surface area contributed by atoms with Gasteiger partial charge in [-0.25, -0.2) is 0 Å². The van der Waals surface area contributed by atoms with Crippen LogP contribution in [-0.2, 0) is 10.8 Å². The second kappa shape index (κ2) is 13.0. The molecule has 0 spiro atoms. The van der Waals surface area contributed by atoms with E-state index in [0.717, 1.165) is 24.2 Å². The van der Waals surface area contributed by atoms with Gasteiger partial charge in [0.2, 0.25) is 0 Å². The van der Waals surface area contributed by atoms with Crippen LogP contribution in [0.2, 0.25) is 0 Å². The van der Waals surface area contributed by atoms with Gasteiger partial charge in [-0.1, -0.05) is 142 Å². The lowest BCUT2D eigenvalue weighted by Crippen LogP contribution is -2.24. The zero-order valence-electron chi connectivity index (χ0n) is 30.0. The molecule has 0 radical (unpaired) electrons. The highest BCUT2D eigenvalue weighted by Crippen LogP contribution is 2.54. The third-order valence-corrected chi connectivity index (χ3v) is 11.7. The maximum atomic E-state index is 2.46. The molecule has 254 valence electrons. The molecule has 52 heavy (non-hydrogen) atoms. The van der Waals surface area contributed by atoms with Gasteiger partial charge in [0.15, 0.2) is 0 Å². The summed E-state index contributed by atoms with van der Waals surface area (Å²) in [5.41, 5.74) is 15.3. The van der Waals surface area contributed by atoms with Crippen LogP contribution in [0.1, 0.15) is 61.8 Å². The molecule has 2 nitrogen and oxygen atoms in total. The summed E-state index contributed by atoms with van der Waals surface area (Å²) in [5, 5.41) is 0. The van der Waals surface area contributed by atoms with Gasteiger partial charge in [0.05, 0.1) is 5.69 Å². The first-order chi connectivity index (χ1) is 25.5. The van der Waals surface area contributed by atoms with Crippen LogP contribution in [0, 0.1) is 0 Å². The molecule has 2 heteroatoms. The van der Waals surface area contributed by atoms with Gasteiger partial charge in [-0.15, -0.1) is 0 Å². The number of hydrogen-bond donors (Lipinski definition) is 0. The fraction of sp³-hybridized carbons (Fsp3) is 0.160. The van der Waals surface area contributed by atoms with Crippen molar-refractivity contribution in [2.24, 2.45) is 0 Å². The minimum absolute atomic E-state index is 0.00405. The molecule has 0 saturated heterocycles. The lowest BCUT2D eigenvalue weighted by Gasteiger charge is -2.33. The number of fused-ring (bicyclic) bond motifs is 3. The predicted molar refractivity (Wildman–Crippen MR) is 219 cm³/mol. The van der Waals surface area contributed by atoms with Crippen LogP contribution in [0.15, 0.2) is 182 Å². The van der Waals surface area contributed by atoms with Crippen molar-refractivity contribution >= 4 is 34.1 Å². The first-order valence-electron chi connectivity index (χ1n) is 18.7. The predicted octanol–water partition coefficient (Wildman–Crippen LogP) is 13.8. The highest BCUT2D eigenvalue weighted by atomic mass is 15.1. The summed E-state index contributed by atoms with van der Waals surface area (Å²) >= 11 is 0. The molecule has 0 amide bonds. The number of nitrogens with zero attached hydrogens (tertiary/aromatic N) is 2. The normalized spacial score (nSPS) is 15.1. The Morgan fingerprint density at radius 2 is 0.808 bits per heavy atom. The third-order valence-electron chi connectivity index (χ3n) is 11.7. The van der Waals surface area contributed by atoms with Gasteiger partial charge >= 0.3 is 0 Å². The van der Waals surface area contributed by atoms with E-state index in [1.54, 1.807) is 0 Å². The van der Waals surface area contributed by atoms with Gasteiger partial charge in [-0.3, -0.25) is 0 Å². The lowest BCUT2D eigenvalue weighted by atomic mass is 9.73. The fourth-order valence-corrected chi connectivity index (χ4v) is 9.11. The van der Waals surface area contributed by atoms with Gasteiger partial charge in [-0.2, -0.15) is 0 Å². The number of para-hydroxylation sites is 3. The maximum absolute atomic E-state index is 2.46. The average Bonchev–Trinajstić information content (AvgIpc) is 3.79. The van der Waals surface area contributed by atoms with E-state index in [0.29, 0.717) is 0 Å².